The number of aromatic nitrogens is 1. The van der Waals surface area contributed by atoms with E-state index in [1.807, 2.05) is 12.1 Å². The summed E-state index contributed by atoms with van der Waals surface area (Å²) in [6.07, 6.45) is 3.44. The van der Waals surface area contributed by atoms with E-state index >= 15 is 0 Å². The number of ether oxygens (including phenoxy) is 1. The second-order valence-corrected chi connectivity index (χ2v) is 7.01. The monoisotopic (exact) mass is 354 g/mol. The maximum absolute atomic E-state index is 12.7. The van der Waals surface area contributed by atoms with Gasteiger partial charge >= 0.3 is 0 Å². The second kappa shape index (κ2) is 7.05. The van der Waals surface area contributed by atoms with E-state index in [1.54, 1.807) is 12.1 Å². The van der Waals surface area contributed by atoms with Crippen molar-refractivity contribution in [3.05, 3.63) is 58.9 Å². The summed E-state index contributed by atoms with van der Waals surface area (Å²) in [5, 5.41) is 22.1. The van der Waals surface area contributed by atoms with Crippen molar-refractivity contribution >= 4 is 5.91 Å². The molecule has 2 aromatic rings. The number of pyridine rings is 1. The van der Waals surface area contributed by atoms with Gasteiger partial charge in [0.1, 0.15) is 11.4 Å². The third-order valence-corrected chi connectivity index (χ3v) is 5.22. The number of nitrogens with zero attached hydrogens (tertiary/aromatic N) is 1. The van der Waals surface area contributed by atoms with Crippen LogP contribution in [0, 0.1) is 5.92 Å². The van der Waals surface area contributed by atoms with Crippen LogP contribution in [0.3, 0.4) is 0 Å². The highest BCUT2D eigenvalue weighted by Gasteiger charge is 2.36. The van der Waals surface area contributed by atoms with Gasteiger partial charge in [-0.05, 0) is 59.7 Å². The minimum atomic E-state index is -0.298. The van der Waals surface area contributed by atoms with E-state index in [-0.39, 0.29) is 36.3 Å². The third kappa shape index (κ3) is 3.30. The minimum absolute atomic E-state index is 0.133. The number of hydrogen-bond donors (Lipinski definition) is 3. The number of aliphatic hydroxyl groups is 2. The fourth-order valence-electron chi connectivity index (χ4n) is 3.69. The molecule has 26 heavy (non-hydrogen) atoms. The SMILES string of the molecule is O=C(N[C@H](c1ccc2c(c1)CCO2)C1CC(O)C1)c1cc(CO)ccn1. The molecule has 6 nitrogen and oxygen atoms in total. The zero-order chi connectivity index (χ0) is 18.1. The summed E-state index contributed by atoms with van der Waals surface area (Å²) in [4.78, 5) is 16.8. The number of carbonyl (C=O) groups is 1. The van der Waals surface area contributed by atoms with Crippen molar-refractivity contribution in [2.24, 2.45) is 5.92 Å². The highest BCUT2D eigenvalue weighted by molar-refractivity contribution is 5.92. The fourth-order valence-corrected chi connectivity index (χ4v) is 3.69. The molecule has 1 aliphatic carbocycles. The quantitative estimate of drug-likeness (QED) is 0.761. The Morgan fingerprint density at radius 1 is 1.31 bits per heavy atom. The van der Waals surface area contributed by atoms with Crippen LogP contribution < -0.4 is 10.1 Å². The smallest absolute Gasteiger partial charge is 0.270 e. The molecule has 1 aliphatic heterocycles. The first-order valence-electron chi connectivity index (χ1n) is 8.94. The Morgan fingerprint density at radius 2 is 2.15 bits per heavy atom. The van der Waals surface area contributed by atoms with Crippen molar-refractivity contribution < 1.29 is 19.7 Å². The van der Waals surface area contributed by atoms with Crippen LogP contribution >= 0.6 is 0 Å². The first-order chi connectivity index (χ1) is 12.6. The lowest BCUT2D eigenvalue weighted by atomic mass is 9.74. The van der Waals surface area contributed by atoms with Crippen molar-refractivity contribution in [1.82, 2.24) is 10.3 Å². The molecule has 0 radical (unpaired) electrons. The molecule has 0 unspecified atom stereocenters. The van der Waals surface area contributed by atoms with Gasteiger partial charge in [0, 0.05) is 12.6 Å². The molecule has 0 saturated heterocycles. The van der Waals surface area contributed by atoms with Crippen LogP contribution in [0.1, 0.15) is 46.1 Å². The van der Waals surface area contributed by atoms with Crippen molar-refractivity contribution in [3.8, 4) is 5.75 Å². The molecule has 3 N–H and O–H groups in total. The lowest BCUT2D eigenvalue weighted by molar-refractivity contribution is 0.0234. The van der Waals surface area contributed by atoms with Crippen molar-refractivity contribution in [2.45, 2.75) is 38.0 Å². The number of rotatable bonds is 5. The van der Waals surface area contributed by atoms with Crippen molar-refractivity contribution in [3.63, 3.8) is 0 Å². The first-order valence-corrected chi connectivity index (χ1v) is 8.94. The van der Waals surface area contributed by atoms with E-state index < -0.39 is 0 Å². The molecule has 0 spiro atoms. The van der Waals surface area contributed by atoms with Gasteiger partial charge in [-0.2, -0.15) is 0 Å². The standard InChI is InChI=1S/C20H22N2O4/c23-11-12-3-5-21-17(7-12)20(25)22-19(15-9-16(24)10-15)14-1-2-18-13(8-14)4-6-26-18/h1-3,5,7-8,15-16,19,23-24H,4,6,9-11H2,(H,22,25)/t15?,16?,19-/m1/s1. The van der Waals surface area contributed by atoms with Crippen LogP contribution in [-0.2, 0) is 13.0 Å². The maximum Gasteiger partial charge on any atom is 0.270 e. The second-order valence-electron chi connectivity index (χ2n) is 7.01. The zero-order valence-corrected chi connectivity index (χ0v) is 14.4. The van der Waals surface area contributed by atoms with Crippen LogP contribution in [0.15, 0.2) is 36.5 Å². The summed E-state index contributed by atoms with van der Waals surface area (Å²) < 4.78 is 5.57. The van der Waals surface area contributed by atoms with E-state index in [2.05, 4.69) is 16.4 Å². The highest BCUT2D eigenvalue weighted by atomic mass is 16.5. The van der Waals surface area contributed by atoms with Gasteiger partial charge in [-0.1, -0.05) is 6.07 Å². The van der Waals surface area contributed by atoms with E-state index in [9.17, 15) is 15.0 Å². The maximum atomic E-state index is 12.7. The Balaban J connectivity index is 1.58. The third-order valence-electron chi connectivity index (χ3n) is 5.22. The number of aliphatic hydroxyl groups excluding tert-OH is 2. The van der Waals surface area contributed by atoms with E-state index in [0.717, 1.165) is 23.3 Å². The molecular weight excluding hydrogens is 332 g/mol. The average molecular weight is 354 g/mol. The van der Waals surface area contributed by atoms with Gasteiger partial charge in [0.25, 0.3) is 5.91 Å². The number of hydrogen-bond acceptors (Lipinski definition) is 5. The predicted molar refractivity (Wildman–Crippen MR) is 94.7 cm³/mol. The lowest BCUT2D eigenvalue weighted by Crippen LogP contribution is -2.41. The number of fused-ring (bicyclic) bond motifs is 1. The Morgan fingerprint density at radius 3 is 2.92 bits per heavy atom. The Kier molecular flexibility index (Phi) is 4.61. The Hall–Kier alpha value is -2.44. The van der Waals surface area contributed by atoms with E-state index in [4.69, 9.17) is 4.74 Å². The molecule has 136 valence electrons. The number of nitrogens with one attached hydrogen (secondary N) is 1. The molecule has 2 heterocycles. The topological polar surface area (TPSA) is 91.7 Å². The molecule has 1 saturated carbocycles. The molecule has 1 fully saturated rings. The lowest BCUT2D eigenvalue weighted by Gasteiger charge is -2.38. The van der Waals surface area contributed by atoms with Crippen LogP contribution in [-0.4, -0.2) is 33.8 Å². The normalized spacial score (nSPS) is 22.1. The molecule has 1 aromatic carbocycles. The van der Waals surface area contributed by atoms with Gasteiger partial charge in [0.15, 0.2) is 0 Å². The zero-order valence-electron chi connectivity index (χ0n) is 14.4. The summed E-state index contributed by atoms with van der Waals surface area (Å²) in [5.41, 5.74) is 3.11. The van der Waals surface area contributed by atoms with Crippen molar-refractivity contribution in [2.75, 3.05) is 6.61 Å². The Bertz CT molecular complexity index is 817. The van der Waals surface area contributed by atoms with Gasteiger partial charge in [-0.25, -0.2) is 0 Å². The summed E-state index contributed by atoms with van der Waals surface area (Å²) in [6.45, 7) is 0.557. The largest absolute Gasteiger partial charge is 0.493 e. The molecule has 2 aliphatic rings. The van der Waals surface area contributed by atoms with Gasteiger partial charge in [-0.15, -0.1) is 0 Å². The van der Waals surface area contributed by atoms with Crippen LogP contribution in [0.25, 0.3) is 0 Å². The number of benzene rings is 1. The summed E-state index contributed by atoms with van der Waals surface area (Å²) in [7, 11) is 0. The van der Waals surface area contributed by atoms with Gasteiger partial charge in [-0.3, -0.25) is 9.78 Å². The summed E-state index contributed by atoms with van der Waals surface area (Å²) in [6, 6.07) is 9.12. The van der Waals surface area contributed by atoms with Gasteiger partial charge in [0.05, 0.1) is 25.4 Å². The molecule has 1 atom stereocenters. The highest BCUT2D eigenvalue weighted by Crippen LogP contribution is 2.39. The first kappa shape index (κ1) is 17.0. The number of amides is 1. The van der Waals surface area contributed by atoms with Crippen LogP contribution in [0.5, 0.6) is 5.75 Å². The summed E-state index contributed by atoms with van der Waals surface area (Å²) in [5.74, 6) is 0.823. The van der Waals surface area contributed by atoms with Crippen molar-refractivity contribution in [1.29, 1.82) is 0 Å². The van der Waals surface area contributed by atoms with Crippen LogP contribution in [0.4, 0.5) is 0 Å². The van der Waals surface area contributed by atoms with Crippen LogP contribution in [0.2, 0.25) is 0 Å². The molecule has 0 bridgehead atoms. The fraction of sp³-hybridized carbons (Fsp3) is 0.400. The minimum Gasteiger partial charge on any atom is -0.493 e. The Labute approximate surface area is 151 Å². The van der Waals surface area contributed by atoms with E-state index in [1.165, 1.54) is 6.20 Å². The summed E-state index contributed by atoms with van der Waals surface area (Å²) >= 11 is 0. The molecular formula is C20H22N2O4. The molecule has 1 aromatic heterocycles. The number of carbonyl (C=O) groups excluding carboxylic acids is 1. The average Bonchev–Trinajstić information content (AvgIpc) is 3.11. The molecule has 1 amide bonds. The van der Waals surface area contributed by atoms with Gasteiger partial charge in [0.2, 0.25) is 0 Å². The predicted octanol–water partition coefficient (Wildman–Crippen LogP) is 1.75. The van der Waals surface area contributed by atoms with E-state index in [0.29, 0.717) is 25.0 Å². The van der Waals surface area contributed by atoms with Gasteiger partial charge < -0.3 is 20.3 Å². The molecule has 6 heteroatoms. The molecule has 4 rings (SSSR count).